The van der Waals surface area contributed by atoms with E-state index >= 15 is 0 Å². The summed E-state index contributed by atoms with van der Waals surface area (Å²) in [5.41, 5.74) is 1.03. The van der Waals surface area contributed by atoms with Crippen LogP contribution in [0.4, 0.5) is 0 Å². The number of ether oxygens (including phenoxy) is 1. The smallest absolute Gasteiger partial charge is 0.250 e. The average Bonchev–Trinajstić information content (AvgIpc) is 2.73. The molecule has 0 aromatic carbocycles. The maximum atomic E-state index is 12.3. The first-order valence-electron chi connectivity index (χ1n) is 6.81. The lowest BCUT2D eigenvalue weighted by Gasteiger charge is -2.34. The molecule has 5 nitrogen and oxygen atoms in total. The van der Waals surface area contributed by atoms with E-state index in [-0.39, 0.29) is 12.1 Å². The summed E-state index contributed by atoms with van der Waals surface area (Å²) < 4.78 is 32.9. The fraction of sp³-hybridized carbons (Fsp3) is 0.692. The Morgan fingerprint density at radius 2 is 2.15 bits per heavy atom. The molecule has 0 saturated heterocycles. The van der Waals surface area contributed by atoms with Crippen molar-refractivity contribution >= 4 is 21.4 Å². The van der Waals surface area contributed by atoms with Crippen molar-refractivity contribution in [2.24, 2.45) is 0 Å². The molecule has 0 bridgehead atoms. The predicted octanol–water partition coefficient (Wildman–Crippen LogP) is 1.62. The van der Waals surface area contributed by atoms with Crippen LogP contribution in [0.25, 0.3) is 0 Å². The second-order valence-corrected chi connectivity index (χ2v) is 8.18. The Balaban J connectivity index is 2.02. The van der Waals surface area contributed by atoms with Crippen molar-refractivity contribution in [2.45, 2.75) is 49.6 Å². The van der Waals surface area contributed by atoms with E-state index in [0.717, 1.165) is 36.4 Å². The highest BCUT2D eigenvalue weighted by Gasteiger charge is 2.33. The van der Waals surface area contributed by atoms with Gasteiger partial charge in [0.2, 0.25) is 10.0 Å². The Bertz CT molecular complexity index is 548. The first kappa shape index (κ1) is 15.9. The summed E-state index contributed by atoms with van der Waals surface area (Å²) in [6, 6.07) is 1.76. The van der Waals surface area contributed by atoms with E-state index in [1.807, 2.05) is 13.8 Å². The van der Waals surface area contributed by atoms with Crippen molar-refractivity contribution in [1.29, 1.82) is 0 Å². The molecule has 2 N–H and O–H groups in total. The Labute approximate surface area is 124 Å². The first-order valence-corrected chi connectivity index (χ1v) is 9.11. The van der Waals surface area contributed by atoms with E-state index in [1.165, 1.54) is 11.3 Å². The lowest BCUT2D eigenvalue weighted by molar-refractivity contribution is 0.0236. The van der Waals surface area contributed by atoms with Crippen LogP contribution in [0, 0.1) is 6.92 Å². The molecule has 0 aliphatic heterocycles. The molecule has 1 aliphatic rings. The molecule has 20 heavy (non-hydrogen) atoms. The van der Waals surface area contributed by atoms with E-state index in [4.69, 9.17) is 4.74 Å². The minimum atomic E-state index is -3.39. The third-order valence-corrected chi connectivity index (χ3v) is 6.78. The lowest BCUT2D eigenvalue weighted by Crippen LogP contribution is -2.47. The van der Waals surface area contributed by atoms with Crippen LogP contribution in [0.2, 0.25) is 0 Å². The van der Waals surface area contributed by atoms with Gasteiger partial charge in [0, 0.05) is 24.6 Å². The highest BCUT2D eigenvalue weighted by molar-refractivity contribution is 7.91. The molecule has 1 aromatic heterocycles. The molecule has 0 atom stereocenters. The van der Waals surface area contributed by atoms with Crippen LogP contribution in [-0.4, -0.2) is 34.2 Å². The molecular formula is C13H22N2O3S2. The monoisotopic (exact) mass is 318 g/mol. The number of sulfonamides is 1. The SMILES string of the molecule is CCNCc1sc(S(=O)(=O)NC2CC(OC)C2)cc1C. The number of hydrogen-bond acceptors (Lipinski definition) is 5. The molecule has 1 aromatic rings. The van der Waals surface area contributed by atoms with Crippen LogP contribution in [0.15, 0.2) is 10.3 Å². The van der Waals surface area contributed by atoms with E-state index in [2.05, 4.69) is 10.0 Å². The van der Waals surface area contributed by atoms with Gasteiger partial charge < -0.3 is 10.1 Å². The number of aryl methyl sites for hydroxylation is 1. The van der Waals surface area contributed by atoms with Crippen LogP contribution < -0.4 is 10.0 Å². The summed E-state index contributed by atoms with van der Waals surface area (Å²) in [5, 5.41) is 3.23. The summed E-state index contributed by atoms with van der Waals surface area (Å²) >= 11 is 1.35. The van der Waals surface area contributed by atoms with Crippen LogP contribution in [0.1, 0.15) is 30.2 Å². The topological polar surface area (TPSA) is 67.4 Å². The van der Waals surface area contributed by atoms with Crippen molar-refractivity contribution in [1.82, 2.24) is 10.0 Å². The normalized spacial score (nSPS) is 22.8. The van der Waals surface area contributed by atoms with Gasteiger partial charge in [-0.15, -0.1) is 11.3 Å². The van der Waals surface area contributed by atoms with Gasteiger partial charge in [-0.2, -0.15) is 0 Å². The maximum absolute atomic E-state index is 12.3. The van der Waals surface area contributed by atoms with Gasteiger partial charge in [0.15, 0.2) is 0 Å². The minimum absolute atomic E-state index is 0.00423. The summed E-state index contributed by atoms with van der Waals surface area (Å²) in [4.78, 5) is 1.08. The molecule has 0 radical (unpaired) electrons. The zero-order valence-corrected chi connectivity index (χ0v) is 13.7. The number of hydrogen-bond donors (Lipinski definition) is 2. The number of methoxy groups -OCH3 is 1. The fourth-order valence-electron chi connectivity index (χ4n) is 2.17. The average molecular weight is 318 g/mol. The molecule has 7 heteroatoms. The molecule has 1 heterocycles. The zero-order valence-electron chi connectivity index (χ0n) is 12.1. The first-order chi connectivity index (χ1) is 9.46. The van der Waals surface area contributed by atoms with Gasteiger partial charge in [0.1, 0.15) is 4.21 Å². The van der Waals surface area contributed by atoms with Crippen molar-refractivity contribution in [3.63, 3.8) is 0 Å². The van der Waals surface area contributed by atoms with Gasteiger partial charge in [0.25, 0.3) is 0 Å². The number of rotatable bonds is 7. The van der Waals surface area contributed by atoms with Crippen LogP contribution >= 0.6 is 11.3 Å². The highest BCUT2D eigenvalue weighted by Crippen LogP contribution is 2.29. The summed E-state index contributed by atoms with van der Waals surface area (Å²) in [5.74, 6) is 0. The second kappa shape index (κ2) is 6.53. The Morgan fingerprint density at radius 1 is 1.45 bits per heavy atom. The molecule has 114 valence electrons. The Morgan fingerprint density at radius 3 is 2.75 bits per heavy atom. The van der Waals surface area contributed by atoms with Crippen LogP contribution in [0.3, 0.4) is 0 Å². The standard InChI is InChI=1S/C13H22N2O3S2/c1-4-14-8-12-9(2)5-13(19-12)20(16,17)15-10-6-11(7-10)18-3/h5,10-11,14-15H,4,6-8H2,1-3H3. The van der Waals surface area contributed by atoms with E-state index in [1.54, 1.807) is 13.2 Å². The lowest BCUT2D eigenvalue weighted by atomic mass is 9.90. The summed E-state index contributed by atoms with van der Waals surface area (Å²) in [7, 11) is -1.74. The molecule has 1 saturated carbocycles. The third-order valence-electron chi connectivity index (χ3n) is 3.55. The minimum Gasteiger partial charge on any atom is -0.381 e. The van der Waals surface area contributed by atoms with Gasteiger partial charge >= 0.3 is 0 Å². The molecule has 0 amide bonds. The van der Waals surface area contributed by atoms with Crippen LogP contribution in [-0.2, 0) is 21.3 Å². The molecule has 1 aliphatic carbocycles. The Hall–Kier alpha value is -0.470. The molecular weight excluding hydrogens is 296 g/mol. The second-order valence-electron chi connectivity index (χ2n) is 5.10. The number of thiophene rings is 1. The predicted molar refractivity (Wildman–Crippen MR) is 80.6 cm³/mol. The molecule has 2 rings (SSSR count). The van der Waals surface area contributed by atoms with Crippen LogP contribution in [0.5, 0.6) is 0 Å². The van der Waals surface area contributed by atoms with Crippen molar-refractivity contribution < 1.29 is 13.2 Å². The third kappa shape index (κ3) is 3.59. The highest BCUT2D eigenvalue weighted by atomic mass is 32.2. The van der Waals surface area contributed by atoms with Gasteiger partial charge in [0.05, 0.1) is 6.10 Å². The van der Waals surface area contributed by atoms with Gasteiger partial charge in [-0.3, -0.25) is 0 Å². The zero-order chi connectivity index (χ0) is 14.8. The molecule has 1 fully saturated rings. The fourth-order valence-corrected chi connectivity index (χ4v) is 5.00. The van der Waals surface area contributed by atoms with Gasteiger partial charge in [-0.25, -0.2) is 13.1 Å². The van der Waals surface area contributed by atoms with Gasteiger partial charge in [-0.1, -0.05) is 6.92 Å². The van der Waals surface area contributed by atoms with E-state index < -0.39 is 10.0 Å². The quantitative estimate of drug-likeness (QED) is 0.802. The summed E-state index contributed by atoms with van der Waals surface area (Å²) in [6.45, 7) is 5.58. The largest absolute Gasteiger partial charge is 0.381 e. The maximum Gasteiger partial charge on any atom is 0.250 e. The Kier molecular flexibility index (Phi) is 5.19. The molecule has 0 spiro atoms. The van der Waals surface area contributed by atoms with E-state index in [0.29, 0.717) is 4.21 Å². The van der Waals surface area contributed by atoms with Crippen molar-refractivity contribution in [2.75, 3.05) is 13.7 Å². The van der Waals surface area contributed by atoms with Crippen molar-refractivity contribution in [3.05, 3.63) is 16.5 Å². The number of nitrogens with one attached hydrogen (secondary N) is 2. The van der Waals surface area contributed by atoms with Gasteiger partial charge in [-0.05, 0) is 37.9 Å². The summed E-state index contributed by atoms with van der Waals surface area (Å²) in [6.07, 6.45) is 1.70. The van der Waals surface area contributed by atoms with Crippen molar-refractivity contribution in [3.8, 4) is 0 Å². The van der Waals surface area contributed by atoms with E-state index in [9.17, 15) is 8.42 Å². The molecule has 0 unspecified atom stereocenters.